The number of halogens is 1. The summed E-state index contributed by atoms with van der Waals surface area (Å²) in [6.07, 6.45) is 0. The van der Waals surface area contributed by atoms with Gasteiger partial charge in [-0.3, -0.25) is 4.79 Å². The number of carbonyl (C=O) groups excluding carboxylic acids is 1. The molecule has 2 N–H and O–H groups in total. The van der Waals surface area contributed by atoms with Crippen molar-refractivity contribution >= 4 is 34.5 Å². The highest BCUT2D eigenvalue weighted by molar-refractivity contribution is 7.13. The fourth-order valence-electron chi connectivity index (χ4n) is 1.95. The Morgan fingerprint density at radius 1 is 1.39 bits per heavy atom. The lowest BCUT2D eigenvalue weighted by Gasteiger charge is -2.07. The Labute approximate surface area is 141 Å². The summed E-state index contributed by atoms with van der Waals surface area (Å²) in [6, 6.07) is 8.98. The van der Waals surface area contributed by atoms with Crippen LogP contribution in [-0.4, -0.2) is 23.1 Å². The van der Waals surface area contributed by atoms with Crippen molar-refractivity contribution in [3.8, 4) is 10.7 Å². The molecule has 0 aliphatic heterocycles. The van der Waals surface area contributed by atoms with E-state index in [1.807, 2.05) is 17.5 Å². The van der Waals surface area contributed by atoms with Gasteiger partial charge in [-0.1, -0.05) is 22.8 Å². The van der Waals surface area contributed by atoms with E-state index in [-0.39, 0.29) is 5.91 Å². The molecule has 8 heteroatoms. The van der Waals surface area contributed by atoms with Gasteiger partial charge in [0.05, 0.1) is 22.0 Å². The van der Waals surface area contributed by atoms with E-state index in [0.717, 1.165) is 10.6 Å². The average molecular weight is 349 g/mol. The first kappa shape index (κ1) is 15.5. The van der Waals surface area contributed by atoms with Crippen LogP contribution in [0.2, 0.25) is 5.02 Å². The second-order valence-electron chi connectivity index (χ2n) is 4.62. The number of benzene rings is 1. The van der Waals surface area contributed by atoms with E-state index in [1.165, 1.54) is 0 Å². The van der Waals surface area contributed by atoms with Crippen LogP contribution in [0.3, 0.4) is 0 Å². The lowest BCUT2D eigenvalue weighted by Crippen LogP contribution is -2.18. The van der Waals surface area contributed by atoms with Gasteiger partial charge in [-0.2, -0.15) is 4.98 Å². The second-order valence-corrected chi connectivity index (χ2v) is 5.97. The predicted molar refractivity (Wildman–Crippen MR) is 89.8 cm³/mol. The van der Waals surface area contributed by atoms with Crippen LogP contribution in [0.25, 0.3) is 10.7 Å². The quantitative estimate of drug-likeness (QED) is 0.738. The maximum atomic E-state index is 11.6. The molecule has 0 aliphatic rings. The molecule has 0 radical (unpaired) electrons. The summed E-state index contributed by atoms with van der Waals surface area (Å²) in [5.41, 5.74) is 1.19. The van der Waals surface area contributed by atoms with E-state index in [0.29, 0.717) is 28.8 Å². The third-order valence-electron chi connectivity index (χ3n) is 3.09. The van der Waals surface area contributed by atoms with Crippen LogP contribution in [0.5, 0.6) is 0 Å². The summed E-state index contributed by atoms with van der Waals surface area (Å²) in [7, 11) is 1.56. The minimum atomic E-state index is -0.223. The van der Waals surface area contributed by atoms with E-state index in [9.17, 15) is 4.79 Å². The molecule has 0 bridgehead atoms. The minimum Gasteiger partial charge on any atom is -0.376 e. The number of thiophene rings is 1. The summed E-state index contributed by atoms with van der Waals surface area (Å²) < 4.78 is 5.21. The standard InChI is InChI=1S/C15H13ClN4O2S/c1-17-15(21)10-5-4-9(7-11(10)16)18-8-13-19-14(20-22-13)12-3-2-6-23-12/h2-7,18H,8H2,1H3,(H,17,21). The molecule has 0 saturated heterocycles. The van der Waals surface area contributed by atoms with Crippen LogP contribution in [0, 0.1) is 0 Å². The SMILES string of the molecule is CNC(=O)c1ccc(NCc2nc(-c3cccs3)no2)cc1Cl. The molecule has 3 aromatic rings. The van der Waals surface area contributed by atoms with E-state index in [4.69, 9.17) is 16.1 Å². The minimum absolute atomic E-state index is 0.223. The van der Waals surface area contributed by atoms with Crippen molar-refractivity contribution in [3.63, 3.8) is 0 Å². The van der Waals surface area contributed by atoms with Crippen molar-refractivity contribution in [1.29, 1.82) is 0 Å². The number of amides is 1. The Kier molecular flexibility index (Phi) is 4.59. The van der Waals surface area contributed by atoms with E-state index >= 15 is 0 Å². The second kappa shape index (κ2) is 6.80. The van der Waals surface area contributed by atoms with Gasteiger partial charge in [-0.15, -0.1) is 11.3 Å². The zero-order chi connectivity index (χ0) is 16.2. The molecule has 0 saturated carbocycles. The molecule has 0 atom stereocenters. The van der Waals surface area contributed by atoms with Gasteiger partial charge in [-0.05, 0) is 29.6 Å². The van der Waals surface area contributed by atoms with Crippen molar-refractivity contribution in [2.45, 2.75) is 6.54 Å². The van der Waals surface area contributed by atoms with Crippen LogP contribution >= 0.6 is 22.9 Å². The maximum absolute atomic E-state index is 11.6. The van der Waals surface area contributed by atoms with Crippen molar-refractivity contribution in [3.05, 3.63) is 52.2 Å². The van der Waals surface area contributed by atoms with Gasteiger partial charge in [0, 0.05) is 12.7 Å². The van der Waals surface area contributed by atoms with Crippen LogP contribution < -0.4 is 10.6 Å². The number of rotatable bonds is 5. The van der Waals surface area contributed by atoms with Gasteiger partial charge < -0.3 is 15.2 Å². The fraction of sp³-hybridized carbons (Fsp3) is 0.133. The first-order valence-corrected chi connectivity index (χ1v) is 8.05. The van der Waals surface area contributed by atoms with E-state index < -0.39 is 0 Å². The van der Waals surface area contributed by atoms with Crippen molar-refractivity contribution in [2.75, 3.05) is 12.4 Å². The fourth-order valence-corrected chi connectivity index (χ4v) is 2.87. The van der Waals surface area contributed by atoms with Gasteiger partial charge in [-0.25, -0.2) is 0 Å². The van der Waals surface area contributed by atoms with E-state index in [1.54, 1.807) is 36.6 Å². The van der Waals surface area contributed by atoms with Crippen LogP contribution in [0.15, 0.2) is 40.2 Å². The van der Waals surface area contributed by atoms with Gasteiger partial charge in [0.25, 0.3) is 5.91 Å². The Morgan fingerprint density at radius 3 is 2.96 bits per heavy atom. The molecule has 2 aromatic heterocycles. The van der Waals surface area contributed by atoms with Crippen LogP contribution in [0.4, 0.5) is 5.69 Å². The Bertz CT molecular complexity index is 817. The van der Waals surface area contributed by atoms with Crippen molar-refractivity contribution < 1.29 is 9.32 Å². The molecular weight excluding hydrogens is 336 g/mol. The zero-order valence-electron chi connectivity index (χ0n) is 12.2. The molecule has 1 aromatic carbocycles. The maximum Gasteiger partial charge on any atom is 0.252 e. The smallest absolute Gasteiger partial charge is 0.252 e. The van der Waals surface area contributed by atoms with Crippen LogP contribution in [-0.2, 0) is 6.54 Å². The molecule has 0 aliphatic carbocycles. The van der Waals surface area contributed by atoms with Gasteiger partial charge in [0.1, 0.15) is 0 Å². The molecular formula is C15H13ClN4O2S. The third kappa shape index (κ3) is 3.52. The number of nitrogens with zero attached hydrogens (tertiary/aromatic N) is 2. The predicted octanol–water partition coefficient (Wildman–Crippen LogP) is 3.42. The molecule has 0 fully saturated rings. The number of hydrogen-bond donors (Lipinski definition) is 2. The first-order valence-electron chi connectivity index (χ1n) is 6.79. The normalized spacial score (nSPS) is 10.5. The summed E-state index contributed by atoms with van der Waals surface area (Å²) in [6.45, 7) is 0.369. The molecule has 1 amide bonds. The molecule has 23 heavy (non-hydrogen) atoms. The number of hydrogen-bond acceptors (Lipinski definition) is 6. The number of aromatic nitrogens is 2. The Hall–Kier alpha value is -2.38. The highest BCUT2D eigenvalue weighted by atomic mass is 35.5. The number of carbonyl (C=O) groups is 1. The molecule has 3 rings (SSSR count). The number of anilines is 1. The number of nitrogens with one attached hydrogen (secondary N) is 2. The largest absolute Gasteiger partial charge is 0.376 e. The highest BCUT2D eigenvalue weighted by Crippen LogP contribution is 2.23. The molecule has 0 spiro atoms. The van der Waals surface area contributed by atoms with Crippen molar-refractivity contribution in [1.82, 2.24) is 15.5 Å². The van der Waals surface area contributed by atoms with Gasteiger partial charge >= 0.3 is 0 Å². The Morgan fingerprint density at radius 2 is 2.26 bits per heavy atom. The summed E-state index contributed by atoms with van der Waals surface area (Å²) >= 11 is 7.66. The zero-order valence-corrected chi connectivity index (χ0v) is 13.7. The molecule has 0 unspecified atom stereocenters. The first-order chi connectivity index (χ1) is 11.2. The molecule has 118 valence electrons. The third-order valence-corrected chi connectivity index (χ3v) is 4.27. The molecule has 2 heterocycles. The summed E-state index contributed by atoms with van der Waals surface area (Å²) in [5, 5.41) is 11.9. The topological polar surface area (TPSA) is 80.0 Å². The lowest BCUT2D eigenvalue weighted by atomic mass is 10.2. The molecule has 6 nitrogen and oxygen atoms in total. The summed E-state index contributed by atoms with van der Waals surface area (Å²) in [5.74, 6) is 0.823. The Balaban J connectivity index is 1.67. The van der Waals surface area contributed by atoms with Gasteiger partial charge in [0.15, 0.2) is 0 Å². The van der Waals surface area contributed by atoms with Crippen molar-refractivity contribution in [2.24, 2.45) is 0 Å². The highest BCUT2D eigenvalue weighted by Gasteiger charge is 2.11. The monoisotopic (exact) mass is 348 g/mol. The average Bonchev–Trinajstić information content (AvgIpc) is 3.23. The lowest BCUT2D eigenvalue weighted by molar-refractivity contribution is 0.0963. The summed E-state index contributed by atoms with van der Waals surface area (Å²) in [4.78, 5) is 16.9. The van der Waals surface area contributed by atoms with E-state index in [2.05, 4.69) is 20.8 Å². The van der Waals surface area contributed by atoms with Crippen LogP contribution in [0.1, 0.15) is 16.2 Å². The van der Waals surface area contributed by atoms with Gasteiger partial charge in [0.2, 0.25) is 11.7 Å².